The van der Waals surface area contributed by atoms with Crippen LogP contribution in [0.25, 0.3) is 0 Å². The van der Waals surface area contributed by atoms with Crippen LogP contribution in [0.5, 0.6) is 0 Å². The average Bonchev–Trinajstić information content (AvgIpc) is 2.58. The topological polar surface area (TPSA) is 75.4 Å². The van der Waals surface area contributed by atoms with Crippen LogP contribution in [0.3, 0.4) is 0 Å². The molecule has 0 spiro atoms. The van der Waals surface area contributed by atoms with E-state index in [0.717, 1.165) is 17.7 Å². The molecule has 5 nitrogen and oxygen atoms in total. The van der Waals surface area contributed by atoms with Crippen molar-refractivity contribution in [1.29, 1.82) is 0 Å². The van der Waals surface area contributed by atoms with Crippen LogP contribution < -0.4 is 16.0 Å². The second-order valence-electron chi connectivity index (χ2n) is 6.08. The fraction of sp³-hybridized carbons (Fsp3) is 0.263. The molecule has 1 unspecified atom stereocenters. The first-order valence-electron chi connectivity index (χ1n) is 8.09. The molecule has 132 valence electrons. The van der Waals surface area contributed by atoms with E-state index < -0.39 is 6.04 Å². The van der Waals surface area contributed by atoms with Gasteiger partial charge in [0.05, 0.1) is 5.56 Å². The Labute approximate surface area is 153 Å². The number of benzene rings is 2. The number of halogens is 1. The van der Waals surface area contributed by atoms with Gasteiger partial charge in [0.25, 0.3) is 5.91 Å². The van der Waals surface area contributed by atoms with Crippen LogP contribution in [0.1, 0.15) is 28.8 Å². The van der Waals surface area contributed by atoms with Crippen LogP contribution in [0.15, 0.2) is 48.5 Å². The summed E-state index contributed by atoms with van der Waals surface area (Å²) in [5.41, 5.74) is 8.66. The Morgan fingerprint density at radius 1 is 1.16 bits per heavy atom. The summed E-state index contributed by atoms with van der Waals surface area (Å²) in [6, 6.07) is 14.2. The van der Waals surface area contributed by atoms with E-state index >= 15 is 0 Å². The summed E-state index contributed by atoms with van der Waals surface area (Å²) in [5.74, 6) is -0.384. The zero-order chi connectivity index (χ0) is 17.1. The Hall–Kier alpha value is -2.53. The van der Waals surface area contributed by atoms with E-state index in [1.54, 1.807) is 29.2 Å². The first-order chi connectivity index (χ1) is 11.6. The van der Waals surface area contributed by atoms with Crippen molar-refractivity contribution in [3.63, 3.8) is 0 Å². The number of nitrogens with two attached hydrogens (primary N) is 1. The molecular formula is C19H22ClN3O2. The number of nitrogens with one attached hydrogen (secondary N) is 1. The summed E-state index contributed by atoms with van der Waals surface area (Å²) < 4.78 is 0. The molecule has 2 aromatic rings. The monoisotopic (exact) mass is 359 g/mol. The highest BCUT2D eigenvalue weighted by molar-refractivity contribution is 6.04. The molecule has 25 heavy (non-hydrogen) atoms. The lowest BCUT2D eigenvalue weighted by Gasteiger charge is -2.32. The summed E-state index contributed by atoms with van der Waals surface area (Å²) >= 11 is 0. The van der Waals surface area contributed by atoms with E-state index in [1.807, 2.05) is 31.2 Å². The molecule has 0 aliphatic carbocycles. The fourth-order valence-electron chi connectivity index (χ4n) is 2.93. The molecule has 0 aromatic heterocycles. The van der Waals surface area contributed by atoms with Gasteiger partial charge in [-0.3, -0.25) is 9.59 Å². The predicted molar refractivity (Wildman–Crippen MR) is 102 cm³/mol. The van der Waals surface area contributed by atoms with Crippen molar-refractivity contribution in [3.05, 3.63) is 59.7 Å². The van der Waals surface area contributed by atoms with E-state index in [4.69, 9.17) is 5.73 Å². The number of para-hydroxylation sites is 1. The molecule has 1 aliphatic rings. The van der Waals surface area contributed by atoms with Gasteiger partial charge in [0, 0.05) is 17.9 Å². The number of nitrogen functional groups attached to an aromatic ring is 1. The molecule has 6 heteroatoms. The van der Waals surface area contributed by atoms with E-state index in [-0.39, 0.29) is 24.2 Å². The van der Waals surface area contributed by atoms with Crippen LogP contribution in [0.2, 0.25) is 0 Å². The van der Waals surface area contributed by atoms with Gasteiger partial charge in [-0.2, -0.15) is 0 Å². The Kier molecular flexibility index (Phi) is 6.04. The van der Waals surface area contributed by atoms with Crippen LogP contribution in [-0.4, -0.2) is 24.4 Å². The van der Waals surface area contributed by atoms with E-state index in [2.05, 4.69) is 5.32 Å². The number of carbonyl (C=O) groups is 2. The second kappa shape index (κ2) is 8.03. The van der Waals surface area contributed by atoms with Crippen LogP contribution in [0, 0.1) is 6.92 Å². The quantitative estimate of drug-likeness (QED) is 0.827. The van der Waals surface area contributed by atoms with Crippen LogP contribution in [-0.2, 0) is 4.79 Å². The maximum atomic E-state index is 12.7. The lowest BCUT2D eigenvalue weighted by Crippen LogP contribution is -2.52. The molecule has 1 aliphatic heterocycles. The maximum Gasteiger partial charge on any atom is 0.254 e. The predicted octanol–water partition coefficient (Wildman–Crippen LogP) is 2.92. The summed E-state index contributed by atoms with van der Waals surface area (Å²) in [5, 5.41) is 2.83. The SMILES string of the molecule is Cc1ccc(N2CCCC(NC(=O)c3ccccc3N)C2=O)cc1.Cl. The summed E-state index contributed by atoms with van der Waals surface area (Å²) in [7, 11) is 0. The Bertz CT molecular complexity index is 762. The number of piperidine rings is 1. The highest BCUT2D eigenvalue weighted by Crippen LogP contribution is 2.22. The normalized spacial score (nSPS) is 16.9. The lowest BCUT2D eigenvalue weighted by molar-refractivity contribution is -0.121. The largest absolute Gasteiger partial charge is 0.398 e. The van der Waals surface area contributed by atoms with Crippen molar-refractivity contribution >= 4 is 35.6 Å². The molecule has 0 bridgehead atoms. The van der Waals surface area contributed by atoms with Gasteiger partial charge in [-0.05, 0) is 44.0 Å². The van der Waals surface area contributed by atoms with Crippen molar-refractivity contribution in [2.45, 2.75) is 25.8 Å². The molecule has 0 radical (unpaired) electrons. The number of carbonyl (C=O) groups excluding carboxylic acids is 2. The van der Waals surface area contributed by atoms with Crippen molar-refractivity contribution < 1.29 is 9.59 Å². The van der Waals surface area contributed by atoms with Crippen molar-refractivity contribution in [2.24, 2.45) is 0 Å². The lowest BCUT2D eigenvalue weighted by atomic mass is 10.0. The minimum absolute atomic E-state index is 0. The minimum atomic E-state index is -0.521. The number of amides is 2. The van der Waals surface area contributed by atoms with E-state index in [0.29, 0.717) is 24.2 Å². The smallest absolute Gasteiger partial charge is 0.254 e. The van der Waals surface area contributed by atoms with Crippen molar-refractivity contribution in [1.82, 2.24) is 5.32 Å². The van der Waals surface area contributed by atoms with E-state index in [9.17, 15) is 9.59 Å². The first-order valence-corrected chi connectivity index (χ1v) is 8.09. The molecule has 3 N–H and O–H groups in total. The molecule has 1 heterocycles. The Morgan fingerprint density at radius 2 is 1.84 bits per heavy atom. The van der Waals surface area contributed by atoms with Gasteiger partial charge in [-0.15, -0.1) is 12.4 Å². The van der Waals surface area contributed by atoms with Gasteiger partial charge in [0.15, 0.2) is 0 Å². The zero-order valence-corrected chi connectivity index (χ0v) is 14.9. The third kappa shape index (κ3) is 4.12. The van der Waals surface area contributed by atoms with Gasteiger partial charge >= 0.3 is 0 Å². The number of rotatable bonds is 3. The number of aryl methyl sites for hydroxylation is 1. The summed E-state index contributed by atoms with van der Waals surface area (Å²) in [6.45, 7) is 2.68. The molecule has 1 atom stereocenters. The molecule has 2 aromatic carbocycles. The molecule has 1 saturated heterocycles. The highest BCUT2D eigenvalue weighted by Gasteiger charge is 2.31. The average molecular weight is 360 g/mol. The number of anilines is 2. The van der Waals surface area contributed by atoms with Gasteiger partial charge in [-0.1, -0.05) is 29.8 Å². The molecule has 0 saturated carbocycles. The maximum absolute atomic E-state index is 12.7. The summed E-state index contributed by atoms with van der Waals surface area (Å²) in [6.07, 6.45) is 1.48. The van der Waals surface area contributed by atoms with Crippen molar-refractivity contribution in [3.8, 4) is 0 Å². The first kappa shape index (κ1) is 18.8. The Morgan fingerprint density at radius 3 is 2.52 bits per heavy atom. The number of nitrogens with zero attached hydrogens (tertiary/aromatic N) is 1. The Balaban J connectivity index is 0.00000225. The molecule has 3 rings (SSSR count). The van der Waals surface area contributed by atoms with Gasteiger partial charge < -0.3 is 16.0 Å². The van der Waals surface area contributed by atoms with Gasteiger partial charge in [0.2, 0.25) is 5.91 Å². The standard InChI is InChI=1S/C19H21N3O2.ClH/c1-13-8-10-14(11-9-13)22-12-4-7-17(19(22)24)21-18(23)15-5-2-3-6-16(15)20;/h2-3,5-6,8-11,17H,4,7,12,20H2,1H3,(H,21,23);1H. The zero-order valence-electron chi connectivity index (χ0n) is 14.1. The molecule has 1 fully saturated rings. The van der Waals surface area contributed by atoms with Crippen molar-refractivity contribution in [2.75, 3.05) is 17.2 Å². The second-order valence-corrected chi connectivity index (χ2v) is 6.08. The van der Waals surface area contributed by atoms with Crippen LogP contribution in [0.4, 0.5) is 11.4 Å². The third-order valence-corrected chi connectivity index (χ3v) is 4.30. The molecule has 2 amide bonds. The van der Waals surface area contributed by atoms with Crippen LogP contribution >= 0.6 is 12.4 Å². The fourth-order valence-corrected chi connectivity index (χ4v) is 2.93. The molecular weight excluding hydrogens is 338 g/mol. The van der Waals surface area contributed by atoms with Gasteiger partial charge in [-0.25, -0.2) is 0 Å². The summed E-state index contributed by atoms with van der Waals surface area (Å²) in [4.78, 5) is 26.9. The third-order valence-electron chi connectivity index (χ3n) is 4.30. The highest BCUT2D eigenvalue weighted by atomic mass is 35.5. The minimum Gasteiger partial charge on any atom is -0.398 e. The number of hydrogen-bond acceptors (Lipinski definition) is 3. The number of hydrogen-bond donors (Lipinski definition) is 2. The van der Waals surface area contributed by atoms with E-state index in [1.165, 1.54) is 0 Å². The van der Waals surface area contributed by atoms with Gasteiger partial charge in [0.1, 0.15) is 6.04 Å².